The fraction of sp³-hybridized carbons (Fsp3) is 0.414. The predicted molar refractivity (Wildman–Crippen MR) is 139 cm³/mol. The molecular weight excluding hydrogens is 500 g/mol. The minimum absolute atomic E-state index is 0.0682. The van der Waals surface area contributed by atoms with Crippen molar-refractivity contribution in [2.24, 2.45) is 5.92 Å². The molecule has 2 saturated heterocycles. The molecule has 0 radical (unpaired) electrons. The smallest absolute Gasteiger partial charge is 0.266 e. The minimum Gasteiger partial charge on any atom is -0.486 e. The molecule has 0 bridgehead atoms. The van der Waals surface area contributed by atoms with Crippen molar-refractivity contribution in [2.75, 3.05) is 13.2 Å². The second-order valence-corrected chi connectivity index (χ2v) is 10.4. The van der Waals surface area contributed by atoms with E-state index in [9.17, 15) is 19.2 Å². The highest BCUT2D eigenvalue weighted by Crippen LogP contribution is 2.34. The Morgan fingerprint density at radius 2 is 1.85 bits per heavy atom. The Labute approximate surface area is 225 Å². The fourth-order valence-corrected chi connectivity index (χ4v) is 5.69. The number of pyridine rings is 1. The summed E-state index contributed by atoms with van der Waals surface area (Å²) in [6.45, 7) is 1.87. The maximum Gasteiger partial charge on any atom is 0.266 e. The highest BCUT2D eigenvalue weighted by Gasteiger charge is 2.46. The van der Waals surface area contributed by atoms with Gasteiger partial charge in [0.05, 0.1) is 16.8 Å². The van der Waals surface area contributed by atoms with E-state index < -0.39 is 29.7 Å². The Hall–Kier alpha value is -4.05. The SMILES string of the molecule is O=C1CCC(N2C(=O)c3cccc(OCc4cn5cc(CCCC6CCOCC6)ccc5n4)c3C2=O)C(=O)N1. The number of nitrogens with zero attached hydrogens (tertiary/aromatic N) is 3. The molecule has 10 heteroatoms. The molecular formula is C29H30N4O6. The van der Waals surface area contributed by atoms with Gasteiger partial charge in [0, 0.05) is 32.0 Å². The molecule has 3 aliphatic heterocycles. The lowest BCUT2D eigenvalue weighted by Gasteiger charge is -2.27. The molecule has 5 heterocycles. The lowest BCUT2D eigenvalue weighted by atomic mass is 9.93. The monoisotopic (exact) mass is 530 g/mol. The van der Waals surface area contributed by atoms with Crippen molar-refractivity contribution >= 4 is 29.3 Å². The summed E-state index contributed by atoms with van der Waals surface area (Å²) in [6.07, 6.45) is 9.85. The van der Waals surface area contributed by atoms with E-state index in [0.29, 0.717) is 5.69 Å². The summed E-state index contributed by atoms with van der Waals surface area (Å²) in [6, 6.07) is 7.89. The van der Waals surface area contributed by atoms with E-state index in [4.69, 9.17) is 9.47 Å². The quantitative estimate of drug-likeness (QED) is 0.445. The molecule has 39 heavy (non-hydrogen) atoms. The van der Waals surface area contributed by atoms with Crippen molar-refractivity contribution < 1.29 is 28.7 Å². The van der Waals surface area contributed by atoms with Gasteiger partial charge < -0.3 is 13.9 Å². The first kappa shape index (κ1) is 25.2. The number of imidazole rings is 1. The fourth-order valence-electron chi connectivity index (χ4n) is 5.69. The van der Waals surface area contributed by atoms with Crippen LogP contribution in [0.15, 0.2) is 42.7 Å². The summed E-state index contributed by atoms with van der Waals surface area (Å²) >= 11 is 0. The number of benzene rings is 1. The van der Waals surface area contributed by atoms with E-state index in [1.165, 1.54) is 12.0 Å². The number of carbonyl (C=O) groups is 4. The van der Waals surface area contributed by atoms with Crippen LogP contribution >= 0.6 is 0 Å². The number of piperidine rings is 1. The van der Waals surface area contributed by atoms with Crippen molar-refractivity contribution in [3.05, 3.63) is 65.1 Å². The topological polar surface area (TPSA) is 119 Å². The van der Waals surface area contributed by atoms with Crippen LogP contribution in [-0.4, -0.2) is 57.2 Å². The number of nitrogens with one attached hydrogen (secondary N) is 1. The molecule has 4 amide bonds. The van der Waals surface area contributed by atoms with E-state index >= 15 is 0 Å². The molecule has 1 N–H and O–H groups in total. The molecule has 6 rings (SSSR count). The molecule has 3 aromatic rings. The normalized spacial score (nSPS) is 20.0. The van der Waals surface area contributed by atoms with Crippen molar-refractivity contribution in [2.45, 2.75) is 57.6 Å². The largest absolute Gasteiger partial charge is 0.486 e. The summed E-state index contributed by atoms with van der Waals surface area (Å²) in [4.78, 5) is 55.7. The van der Waals surface area contributed by atoms with E-state index in [1.807, 2.05) is 16.7 Å². The van der Waals surface area contributed by atoms with Gasteiger partial charge in [0.1, 0.15) is 24.0 Å². The van der Waals surface area contributed by atoms with E-state index in [1.54, 1.807) is 18.2 Å². The first-order chi connectivity index (χ1) is 19.0. The Balaban J connectivity index is 1.12. The predicted octanol–water partition coefficient (Wildman–Crippen LogP) is 3.06. The Bertz CT molecular complexity index is 1460. The molecule has 2 fully saturated rings. The van der Waals surface area contributed by atoms with E-state index in [-0.39, 0.29) is 36.3 Å². The molecule has 0 saturated carbocycles. The van der Waals surface area contributed by atoms with Crippen LogP contribution in [0.25, 0.3) is 5.65 Å². The molecule has 1 unspecified atom stereocenters. The lowest BCUT2D eigenvalue weighted by Crippen LogP contribution is -2.54. The molecule has 0 spiro atoms. The van der Waals surface area contributed by atoms with Gasteiger partial charge in [0.15, 0.2) is 0 Å². The number of hydrogen-bond acceptors (Lipinski definition) is 7. The number of imide groups is 2. The van der Waals surface area contributed by atoms with Crippen LogP contribution in [0.5, 0.6) is 5.75 Å². The van der Waals surface area contributed by atoms with Crippen LogP contribution in [0.1, 0.15) is 70.5 Å². The summed E-state index contributed by atoms with van der Waals surface area (Å²) in [5, 5.41) is 2.21. The zero-order valence-electron chi connectivity index (χ0n) is 21.6. The Morgan fingerprint density at radius 3 is 2.67 bits per heavy atom. The summed E-state index contributed by atoms with van der Waals surface area (Å²) < 4.78 is 13.4. The van der Waals surface area contributed by atoms with Crippen molar-refractivity contribution in [1.29, 1.82) is 0 Å². The first-order valence-corrected chi connectivity index (χ1v) is 13.5. The van der Waals surface area contributed by atoms with E-state index in [2.05, 4.69) is 22.6 Å². The average molecular weight is 531 g/mol. The lowest BCUT2D eigenvalue weighted by molar-refractivity contribution is -0.136. The molecule has 2 aromatic heterocycles. The van der Waals surface area contributed by atoms with Crippen molar-refractivity contribution in [1.82, 2.24) is 19.6 Å². The number of rotatable bonds is 8. The number of hydrogen-bond donors (Lipinski definition) is 1. The highest BCUT2D eigenvalue weighted by molar-refractivity contribution is 6.24. The standard InChI is InChI=1S/C29H30N4O6/c34-25-10-8-22(27(35)31-25)33-28(36)21-5-2-6-23(26(21)29(33)37)39-17-20-16-32-15-19(7-9-24(32)30-20)4-1-3-18-11-13-38-14-12-18/h2,5-7,9,15-16,18,22H,1,3-4,8,10-14,17H2,(H,31,34,35). The third-order valence-corrected chi connectivity index (χ3v) is 7.79. The first-order valence-electron chi connectivity index (χ1n) is 13.5. The van der Waals surface area contributed by atoms with Gasteiger partial charge >= 0.3 is 0 Å². The van der Waals surface area contributed by atoms with Gasteiger partial charge in [-0.25, -0.2) is 4.98 Å². The number of amides is 4. The Morgan fingerprint density at radius 1 is 1.00 bits per heavy atom. The van der Waals surface area contributed by atoms with Crippen molar-refractivity contribution in [3.8, 4) is 5.75 Å². The second kappa shape index (κ2) is 10.6. The Kier molecular flexibility index (Phi) is 6.86. The van der Waals surface area contributed by atoms with Gasteiger partial charge in [0.25, 0.3) is 11.8 Å². The summed E-state index contributed by atoms with van der Waals surface area (Å²) in [7, 11) is 0. The van der Waals surface area contributed by atoms with Crippen LogP contribution in [0, 0.1) is 5.92 Å². The number of fused-ring (bicyclic) bond motifs is 2. The summed E-state index contributed by atoms with van der Waals surface area (Å²) in [5.74, 6) is -1.20. The molecule has 3 aliphatic rings. The summed E-state index contributed by atoms with van der Waals surface area (Å²) in [5.41, 5.74) is 3.05. The molecule has 1 atom stereocenters. The number of aryl methyl sites for hydroxylation is 1. The maximum absolute atomic E-state index is 13.3. The molecule has 202 valence electrons. The number of aromatic nitrogens is 2. The van der Waals surface area contributed by atoms with Gasteiger partial charge in [-0.1, -0.05) is 12.1 Å². The van der Waals surface area contributed by atoms with Crippen LogP contribution in [-0.2, 0) is 27.4 Å². The van der Waals surface area contributed by atoms with Gasteiger partial charge in [-0.15, -0.1) is 0 Å². The second-order valence-electron chi connectivity index (χ2n) is 10.4. The zero-order chi connectivity index (χ0) is 26.9. The average Bonchev–Trinajstić information content (AvgIpc) is 3.46. The van der Waals surface area contributed by atoms with Crippen LogP contribution in [0.3, 0.4) is 0 Å². The van der Waals surface area contributed by atoms with E-state index in [0.717, 1.165) is 55.4 Å². The van der Waals surface area contributed by atoms with Crippen LogP contribution in [0.4, 0.5) is 0 Å². The van der Waals surface area contributed by atoms with Gasteiger partial charge in [-0.3, -0.25) is 29.4 Å². The minimum atomic E-state index is -1.02. The van der Waals surface area contributed by atoms with Gasteiger partial charge in [0.2, 0.25) is 11.8 Å². The van der Waals surface area contributed by atoms with Crippen LogP contribution < -0.4 is 10.1 Å². The van der Waals surface area contributed by atoms with Crippen LogP contribution in [0.2, 0.25) is 0 Å². The third-order valence-electron chi connectivity index (χ3n) is 7.79. The molecule has 10 nitrogen and oxygen atoms in total. The van der Waals surface area contributed by atoms with Gasteiger partial charge in [-0.2, -0.15) is 0 Å². The highest BCUT2D eigenvalue weighted by atomic mass is 16.5. The third kappa shape index (κ3) is 5.04. The van der Waals surface area contributed by atoms with Crippen molar-refractivity contribution in [3.63, 3.8) is 0 Å². The number of ether oxygens (including phenoxy) is 2. The van der Waals surface area contributed by atoms with Gasteiger partial charge in [-0.05, 0) is 68.2 Å². The number of carbonyl (C=O) groups excluding carboxylic acids is 4. The zero-order valence-corrected chi connectivity index (χ0v) is 21.6. The molecule has 0 aliphatic carbocycles. The maximum atomic E-state index is 13.3. The molecule has 1 aromatic carbocycles.